The van der Waals surface area contributed by atoms with Gasteiger partial charge in [-0.05, 0) is 47.1 Å². The Morgan fingerprint density at radius 3 is 2.88 bits per heavy atom. The molecule has 3 rings (SSSR count). The van der Waals surface area contributed by atoms with Crippen molar-refractivity contribution in [1.29, 1.82) is 0 Å². The highest BCUT2D eigenvalue weighted by atomic mass is 79.9. The largest absolute Gasteiger partial charge is 0.491 e. The van der Waals surface area contributed by atoms with Gasteiger partial charge in [-0.3, -0.25) is 4.79 Å². The molecule has 0 aromatic heterocycles. The van der Waals surface area contributed by atoms with Gasteiger partial charge >= 0.3 is 0 Å². The fraction of sp³-hybridized carbons (Fsp3) is 0.235. The summed E-state index contributed by atoms with van der Waals surface area (Å²) in [6.45, 7) is 2.45. The van der Waals surface area contributed by atoms with Crippen LogP contribution < -0.4 is 19.5 Å². The number of carbonyl (C=O) groups is 1. The second-order valence-electron chi connectivity index (χ2n) is 5.05. The lowest BCUT2D eigenvalue weighted by Crippen LogP contribution is -2.40. The van der Waals surface area contributed by atoms with Crippen LogP contribution in [0.25, 0.3) is 0 Å². The van der Waals surface area contributed by atoms with Crippen molar-refractivity contribution < 1.29 is 19.0 Å². The molecule has 2 aromatic carbocycles. The zero-order valence-corrected chi connectivity index (χ0v) is 15.2. The number of fused-ring (bicyclic) bond motifs is 1. The van der Waals surface area contributed by atoms with E-state index in [0.717, 1.165) is 0 Å². The third kappa shape index (κ3) is 3.60. The van der Waals surface area contributed by atoms with Crippen molar-refractivity contribution in [1.82, 2.24) is 0 Å². The Hall–Kier alpha value is -1.92. The number of para-hydroxylation sites is 2. The van der Waals surface area contributed by atoms with Gasteiger partial charge in [0.1, 0.15) is 6.61 Å². The Bertz CT molecular complexity index is 768. The molecular weight excluding hydrogens is 398 g/mol. The summed E-state index contributed by atoms with van der Waals surface area (Å²) < 4.78 is 17.5. The van der Waals surface area contributed by atoms with Crippen LogP contribution in [0, 0.1) is 0 Å². The third-order valence-corrected chi connectivity index (χ3v) is 4.16. The van der Waals surface area contributed by atoms with Gasteiger partial charge in [0.25, 0.3) is 5.91 Å². The molecule has 0 saturated carbocycles. The zero-order valence-electron chi connectivity index (χ0n) is 12.8. The number of halogens is 2. The first-order valence-corrected chi connectivity index (χ1v) is 8.56. The molecule has 1 amide bonds. The zero-order chi connectivity index (χ0) is 17.1. The number of carbonyl (C=O) groups excluding carboxylic acids is 1. The Balaban J connectivity index is 1.78. The molecule has 1 aliphatic heterocycles. The van der Waals surface area contributed by atoms with Crippen molar-refractivity contribution in [3.63, 3.8) is 0 Å². The molecule has 1 atom stereocenters. The Kier molecular flexibility index (Phi) is 5.16. The molecule has 0 radical (unpaired) electrons. The lowest BCUT2D eigenvalue weighted by atomic mass is 10.2. The molecule has 0 bridgehead atoms. The maximum Gasteiger partial charge on any atom is 0.269 e. The van der Waals surface area contributed by atoms with Crippen LogP contribution in [-0.4, -0.2) is 25.2 Å². The van der Waals surface area contributed by atoms with Gasteiger partial charge in [-0.1, -0.05) is 23.7 Å². The summed E-state index contributed by atoms with van der Waals surface area (Å²) in [7, 11) is 0. The quantitative estimate of drug-likeness (QED) is 0.814. The summed E-state index contributed by atoms with van der Waals surface area (Å²) in [5, 5.41) is 3.27. The minimum absolute atomic E-state index is 0.133. The summed E-state index contributed by atoms with van der Waals surface area (Å²) in [6, 6.07) is 10.6. The molecule has 126 valence electrons. The van der Waals surface area contributed by atoms with E-state index in [9.17, 15) is 4.79 Å². The normalized spacial score (nSPS) is 15.7. The predicted molar refractivity (Wildman–Crippen MR) is 95.3 cm³/mol. The second-order valence-corrected chi connectivity index (χ2v) is 6.34. The van der Waals surface area contributed by atoms with E-state index in [1.807, 2.05) is 19.1 Å². The van der Waals surface area contributed by atoms with Gasteiger partial charge in [0.15, 0.2) is 17.2 Å². The van der Waals surface area contributed by atoms with Crippen molar-refractivity contribution >= 4 is 39.1 Å². The van der Waals surface area contributed by atoms with Gasteiger partial charge in [-0.15, -0.1) is 0 Å². The van der Waals surface area contributed by atoms with E-state index in [1.54, 1.807) is 24.3 Å². The molecule has 7 heteroatoms. The average Bonchev–Trinajstić information content (AvgIpc) is 2.57. The number of amides is 1. The Labute approximate surface area is 153 Å². The van der Waals surface area contributed by atoms with E-state index in [4.69, 9.17) is 25.8 Å². The summed E-state index contributed by atoms with van der Waals surface area (Å²) in [5.41, 5.74) is 0.476. The molecular formula is C17H15BrClNO4. The molecule has 1 aliphatic rings. The van der Waals surface area contributed by atoms with Crippen LogP contribution in [0.3, 0.4) is 0 Å². The smallest absolute Gasteiger partial charge is 0.269 e. The van der Waals surface area contributed by atoms with Crippen LogP contribution >= 0.6 is 27.5 Å². The van der Waals surface area contributed by atoms with Gasteiger partial charge in [-0.2, -0.15) is 0 Å². The fourth-order valence-electron chi connectivity index (χ4n) is 2.31. The third-order valence-electron chi connectivity index (χ3n) is 3.36. The summed E-state index contributed by atoms with van der Waals surface area (Å²) in [6.07, 6.45) is -0.757. The number of hydrogen-bond donors (Lipinski definition) is 1. The molecule has 0 fully saturated rings. The SMILES string of the molecule is CCOc1c(Br)cc(Cl)cc1NC(=O)[C@H]1COc2ccccc2O1. The van der Waals surface area contributed by atoms with Crippen LogP contribution in [0.2, 0.25) is 5.02 Å². The summed E-state index contributed by atoms with van der Waals surface area (Å²) in [4.78, 5) is 12.5. The maximum atomic E-state index is 12.5. The first-order chi connectivity index (χ1) is 11.6. The Morgan fingerprint density at radius 1 is 1.38 bits per heavy atom. The van der Waals surface area contributed by atoms with E-state index >= 15 is 0 Å². The van der Waals surface area contributed by atoms with Gasteiger partial charge in [0.2, 0.25) is 6.10 Å². The molecule has 1 N–H and O–H groups in total. The average molecular weight is 413 g/mol. The van der Waals surface area contributed by atoms with Crippen molar-refractivity contribution in [3.05, 3.63) is 45.9 Å². The van der Waals surface area contributed by atoms with Crippen molar-refractivity contribution in [2.24, 2.45) is 0 Å². The summed E-state index contributed by atoms with van der Waals surface area (Å²) >= 11 is 9.46. The number of hydrogen-bond acceptors (Lipinski definition) is 4. The standard InChI is InChI=1S/C17H15BrClNO4/c1-2-22-16-11(18)7-10(19)8-12(16)20-17(21)15-9-23-13-5-3-4-6-14(13)24-15/h3-8,15H,2,9H2,1H3,(H,20,21)/t15-/m1/s1. The van der Waals surface area contributed by atoms with E-state index in [2.05, 4.69) is 21.2 Å². The molecule has 24 heavy (non-hydrogen) atoms. The van der Waals surface area contributed by atoms with Crippen LogP contribution in [0.5, 0.6) is 17.2 Å². The second kappa shape index (κ2) is 7.32. The monoisotopic (exact) mass is 411 g/mol. The van der Waals surface area contributed by atoms with Gasteiger partial charge in [-0.25, -0.2) is 0 Å². The molecule has 5 nitrogen and oxygen atoms in total. The maximum absolute atomic E-state index is 12.5. The van der Waals surface area contributed by atoms with Crippen molar-refractivity contribution in [3.8, 4) is 17.2 Å². The van der Waals surface area contributed by atoms with Crippen LogP contribution in [0.4, 0.5) is 5.69 Å². The lowest BCUT2D eigenvalue weighted by Gasteiger charge is -2.26. The van der Waals surface area contributed by atoms with Crippen LogP contribution in [-0.2, 0) is 4.79 Å². The topological polar surface area (TPSA) is 56.8 Å². The lowest BCUT2D eigenvalue weighted by molar-refractivity contribution is -0.125. The van der Waals surface area contributed by atoms with E-state index in [1.165, 1.54) is 0 Å². The van der Waals surface area contributed by atoms with E-state index < -0.39 is 6.10 Å². The van der Waals surface area contributed by atoms with Crippen molar-refractivity contribution in [2.75, 3.05) is 18.5 Å². The van der Waals surface area contributed by atoms with Gasteiger partial charge in [0, 0.05) is 5.02 Å². The van der Waals surface area contributed by atoms with Crippen molar-refractivity contribution in [2.45, 2.75) is 13.0 Å². The number of rotatable bonds is 4. The molecule has 1 heterocycles. The number of anilines is 1. The molecule has 0 saturated heterocycles. The Morgan fingerprint density at radius 2 is 2.12 bits per heavy atom. The first kappa shape index (κ1) is 16.9. The molecule has 2 aromatic rings. The van der Waals surface area contributed by atoms with Crippen LogP contribution in [0.15, 0.2) is 40.9 Å². The molecule has 0 aliphatic carbocycles. The van der Waals surface area contributed by atoms with E-state index in [-0.39, 0.29) is 12.5 Å². The number of nitrogens with one attached hydrogen (secondary N) is 1. The highest BCUT2D eigenvalue weighted by molar-refractivity contribution is 9.10. The fourth-order valence-corrected chi connectivity index (χ4v) is 3.23. The minimum atomic E-state index is -0.757. The summed E-state index contributed by atoms with van der Waals surface area (Å²) in [5.74, 6) is 1.36. The molecule has 0 spiro atoms. The highest BCUT2D eigenvalue weighted by Crippen LogP contribution is 2.37. The number of benzene rings is 2. The highest BCUT2D eigenvalue weighted by Gasteiger charge is 2.28. The minimum Gasteiger partial charge on any atom is -0.491 e. The number of ether oxygens (including phenoxy) is 3. The van der Waals surface area contributed by atoms with Gasteiger partial charge < -0.3 is 19.5 Å². The molecule has 0 unspecified atom stereocenters. The van der Waals surface area contributed by atoms with Crippen LogP contribution in [0.1, 0.15) is 6.92 Å². The predicted octanol–water partition coefficient (Wildman–Crippen LogP) is 4.28. The van der Waals surface area contributed by atoms with Gasteiger partial charge in [0.05, 0.1) is 16.8 Å². The van der Waals surface area contributed by atoms with E-state index in [0.29, 0.717) is 39.0 Å². The first-order valence-electron chi connectivity index (χ1n) is 7.39.